The van der Waals surface area contributed by atoms with Crippen LogP contribution < -0.4 is 4.31 Å². The summed E-state index contributed by atoms with van der Waals surface area (Å²) in [6.45, 7) is 1.58. The van der Waals surface area contributed by atoms with Crippen LogP contribution in [0.25, 0.3) is 0 Å². The lowest BCUT2D eigenvalue weighted by Crippen LogP contribution is -2.59. The van der Waals surface area contributed by atoms with Gasteiger partial charge in [0.15, 0.2) is 0 Å². The number of carboxylic acid groups (broad SMARTS) is 1. The van der Waals surface area contributed by atoms with Crippen LogP contribution in [-0.2, 0) is 19.6 Å². The lowest BCUT2D eigenvalue weighted by Gasteiger charge is -2.52. The van der Waals surface area contributed by atoms with E-state index >= 15 is 0 Å². The first kappa shape index (κ1) is 31.8. The molecule has 230 valence electrons. The maximum atomic E-state index is 14.7. The molecule has 1 aliphatic heterocycles. The molecule has 4 atom stereocenters. The van der Waals surface area contributed by atoms with E-state index in [1.54, 1.807) is 54.3 Å². The highest BCUT2D eigenvalue weighted by Gasteiger charge is 2.55. The van der Waals surface area contributed by atoms with Crippen LogP contribution in [0.2, 0.25) is 10.0 Å². The van der Waals surface area contributed by atoms with E-state index in [4.69, 9.17) is 23.2 Å². The van der Waals surface area contributed by atoms with Gasteiger partial charge in [0.05, 0.1) is 48.0 Å². The number of anilines is 1. The van der Waals surface area contributed by atoms with Crippen LogP contribution in [0.3, 0.4) is 0 Å². The number of para-hydroxylation sites is 1. The number of hydrogen-bond donors (Lipinski definition) is 1. The molecule has 1 amide bonds. The molecule has 1 N–H and O–H groups in total. The topological polar surface area (TPSA) is 119 Å². The number of carbonyl (C=O) groups is 2. The Bertz CT molecular complexity index is 1720. The second-order valence-electron chi connectivity index (χ2n) is 12.0. The predicted octanol–water partition coefficient (Wildman–Crippen LogP) is 6.65. The van der Waals surface area contributed by atoms with E-state index in [1.807, 2.05) is 30.3 Å². The molecule has 0 spiro atoms. The van der Waals surface area contributed by atoms with Gasteiger partial charge in [0.2, 0.25) is 15.9 Å². The second kappa shape index (κ2) is 12.4. The lowest BCUT2D eigenvalue weighted by molar-refractivity contribution is -0.160. The summed E-state index contributed by atoms with van der Waals surface area (Å²) in [5.74, 6) is -1.84. The van der Waals surface area contributed by atoms with Gasteiger partial charge in [-0.15, -0.1) is 0 Å². The average Bonchev–Trinajstić information content (AvgIpc) is 3.80. The Kier molecular flexibility index (Phi) is 8.99. The van der Waals surface area contributed by atoms with Crippen LogP contribution in [0.1, 0.15) is 61.3 Å². The first-order valence-electron chi connectivity index (χ1n) is 14.3. The van der Waals surface area contributed by atoms with Crippen LogP contribution in [0.15, 0.2) is 72.8 Å². The van der Waals surface area contributed by atoms with Crippen LogP contribution in [0.4, 0.5) is 5.69 Å². The monoisotopic (exact) mass is 653 g/mol. The Hall–Kier alpha value is -3.58. The highest BCUT2D eigenvalue weighted by molar-refractivity contribution is 7.92. The summed E-state index contributed by atoms with van der Waals surface area (Å²) in [7, 11) is -3.90. The van der Waals surface area contributed by atoms with Crippen molar-refractivity contribution in [3.8, 4) is 6.07 Å². The molecule has 1 saturated carbocycles. The molecule has 44 heavy (non-hydrogen) atoms. The summed E-state index contributed by atoms with van der Waals surface area (Å²) < 4.78 is 27.9. The van der Waals surface area contributed by atoms with Crippen molar-refractivity contribution < 1.29 is 23.1 Å². The summed E-state index contributed by atoms with van der Waals surface area (Å²) >= 11 is 12.7. The fraction of sp³-hybridized carbons (Fsp3) is 0.364. The van der Waals surface area contributed by atoms with Crippen molar-refractivity contribution in [1.82, 2.24) is 4.90 Å². The van der Waals surface area contributed by atoms with Gasteiger partial charge in [-0.2, -0.15) is 5.26 Å². The first-order valence-corrected chi connectivity index (χ1v) is 16.9. The molecular formula is C33H33Cl2N3O5S. The third-order valence-electron chi connectivity index (χ3n) is 8.70. The van der Waals surface area contributed by atoms with E-state index in [9.17, 15) is 28.4 Å². The van der Waals surface area contributed by atoms with E-state index in [0.29, 0.717) is 10.0 Å². The number of piperidine rings is 1. The molecule has 1 saturated heterocycles. The van der Waals surface area contributed by atoms with Gasteiger partial charge < -0.3 is 10.0 Å². The lowest BCUT2D eigenvalue weighted by atomic mass is 9.67. The maximum Gasteiger partial charge on any atom is 0.304 e. The summed E-state index contributed by atoms with van der Waals surface area (Å²) in [6, 6.07) is 21.9. The van der Waals surface area contributed by atoms with Gasteiger partial charge in [0.25, 0.3) is 0 Å². The number of nitriles is 1. The highest BCUT2D eigenvalue weighted by Crippen LogP contribution is 2.54. The molecule has 3 aromatic carbocycles. The molecule has 1 aliphatic carbocycles. The SMILES string of the molecule is C[C@]1(CC(=O)O)CC(c2cccc(Cl)c2)C(c2ccc(Cl)cc2)N(C(CN(c2ccccc2C#N)S(C)(=O)=O)C2CC2)C1=O. The number of halogens is 2. The molecule has 2 fully saturated rings. The number of sulfonamides is 1. The van der Waals surface area contributed by atoms with Crippen molar-refractivity contribution in [3.05, 3.63) is 99.5 Å². The fourth-order valence-electron chi connectivity index (χ4n) is 6.56. The zero-order valence-electron chi connectivity index (χ0n) is 24.4. The normalized spacial score (nSPS) is 22.7. The van der Waals surface area contributed by atoms with E-state index in [0.717, 1.165) is 30.2 Å². The number of likely N-dealkylation sites (tertiary alicyclic amines) is 1. The maximum absolute atomic E-state index is 14.7. The van der Waals surface area contributed by atoms with Gasteiger partial charge in [-0.25, -0.2) is 8.42 Å². The third kappa shape index (κ3) is 6.58. The number of rotatable bonds is 10. The minimum absolute atomic E-state index is 0.0283. The van der Waals surface area contributed by atoms with Gasteiger partial charge in [-0.1, -0.05) is 66.5 Å². The zero-order valence-corrected chi connectivity index (χ0v) is 26.7. The Morgan fingerprint density at radius 2 is 1.75 bits per heavy atom. The molecule has 3 aromatic rings. The zero-order chi connectivity index (χ0) is 31.8. The molecule has 11 heteroatoms. The van der Waals surface area contributed by atoms with E-state index in [1.165, 1.54) is 4.31 Å². The van der Waals surface area contributed by atoms with Crippen molar-refractivity contribution in [2.45, 2.75) is 50.6 Å². The second-order valence-corrected chi connectivity index (χ2v) is 14.8. The highest BCUT2D eigenvalue weighted by atomic mass is 35.5. The van der Waals surface area contributed by atoms with Gasteiger partial charge in [0.1, 0.15) is 6.07 Å². The molecule has 3 unspecified atom stereocenters. The van der Waals surface area contributed by atoms with Crippen LogP contribution in [0, 0.1) is 22.7 Å². The third-order valence-corrected chi connectivity index (χ3v) is 10.3. The Morgan fingerprint density at radius 1 is 1.07 bits per heavy atom. The van der Waals surface area contributed by atoms with E-state index in [2.05, 4.69) is 6.07 Å². The molecule has 0 radical (unpaired) electrons. The Balaban J connectivity index is 1.72. The number of hydrogen-bond acceptors (Lipinski definition) is 5. The number of benzene rings is 3. The van der Waals surface area contributed by atoms with E-state index < -0.39 is 39.9 Å². The quantitative estimate of drug-likeness (QED) is 0.262. The Labute approximate surface area is 267 Å². The molecule has 0 bridgehead atoms. The van der Waals surface area contributed by atoms with Gasteiger partial charge in [0, 0.05) is 16.0 Å². The minimum atomic E-state index is -3.90. The van der Waals surface area contributed by atoms with Crippen LogP contribution >= 0.6 is 23.2 Å². The number of nitrogens with zero attached hydrogens (tertiary/aromatic N) is 3. The van der Waals surface area contributed by atoms with E-state index in [-0.39, 0.29) is 42.0 Å². The van der Waals surface area contributed by atoms with Crippen LogP contribution in [-0.4, -0.2) is 49.1 Å². The van der Waals surface area contributed by atoms with Crippen molar-refractivity contribution in [1.29, 1.82) is 5.26 Å². The molecule has 1 heterocycles. The van der Waals surface area contributed by atoms with Gasteiger partial charge in [-0.3, -0.25) is 13.9 Å². The van der Waals surface area contributed by atoms with Crippen molar-refractivity contribution in [2.75, 3.05) is 17.1 Å². The molecule has 2 aliphatic rings. The van der Waals surface area contributed by atoms with Crippen LogP contribution in [0.5, 0.6) is 0 Å². The number of amides is 1. The fourth-order valence-corrected chi connectivity index (χ4v) is 7.82. The molecule has 8 nitrogen and oxygen atoms in total. The smallest absolute Gasteiger partial charge is 0.304 e. The summed E-state index contributed by atoms with van der Waals surface area (Å²) in [6.07, 6.45) is 2.49. The van der Waals surface area contributed by atoms with Crippen molar-refractivity contribution >= 4 is 50.8 Å². The number of carboxylic acids is 1. The molecule has 0 aromatic heterocycles. The van der Waals surface area contributed by atoms with Crippen molar-refractivity contribution in [2.24, 2.45) is 11.3 Å². The largest absolute Gasteiger partial charge is 0.481 e. The summed E-state index contributed by atoms with van der Waals surface area (Å²) in [5, 5.41) is 20.8. The number of carbonyl (C=O) groups excluding carboxylic acids is 1. The first-order chi connectivity index (χ1) is 20.8. The van der Waals surface area contributed by atoms with Gasteiger partial charge >= 0.3 is 5.97 Å². The number of aliphatic carboxylic acids is 1. The summed E-state index contributed by atoms with van der Waals surface area (Å²) in [5.41, 5.74) is 0.777. The summed E-state index contributed by atoms with van der Waals surface area (Å²) in [4.78, 5) is 28.6. The standard InChI is InChI=1S/C33H33Cl2N3O5S/c1-33(18-30(39)40)17-27(23-7-5-8-26(35)16-23)31(22-12-14-25(34)15-13-22)38(32(33)41)29(21-10-11-21)20-37(44(2,42)43)28-9-4-3-6-24(28)19-36/h3-9,12-16,21,27,29,31H,10-11,17-18,20H2,1-2H3,(H,39,40)/t27?,29?,31?,33-/m1/s1. The predicted molar refractivity (Wildman–Crippen MR) is 170 cm³/mol. The van der Waals surface area contributed by atoms with Gasteiger partial charge in [-0.05, 0) is 72.7 Å². The molecule has 5 rings (SSSR count). The molecular weight excluding hydrogens is 621 g/mol. The van der Waals surface area contributed by atoms with Crippen molar-refractivity contribution in [3.63, 3.8) is 0 Å². The average molecular weight is 655 g/mol. The Morgan fingerprint density at radius 3 is 2.34 bits per heavy atom. The minimum Gasteiger partial charge on any atom is -0.481 e.